The van der Waals surface area contributed by atoms with E-state index < -0.39 is 0 Å². The van der Waals surface area contributed by atoms with Crippen molar-refractivity contribution in [2.45, 2.75) is 52.0 Å². The lowest BCUT2D eigenvalue weighted by molar-refractivity contribution is 0.513. The first-order valence-electron chi connectivity index (χ1n) is 6.58. The first kappa shape index (κ1) is 13.1. The largest absolute Gasteiger partial charge is 0.323 e. The summed E-state index contributed by atoms with van der Waals surface area (Å²) in [4.78, 5) is 0. The van der Waals surface area contributed by atoms with Crippen molar-refractivity contribution in [1.29, 1.82) is 5.26 Å². The summed E-state index contributed by atoms with van der Waals surface area (Å²) in [7, 11) is 0. The van der Waals surface area contributed by atoms with Crippen LogP contribution < -0.4 is 5.73 Å². The number of aryl methyl sites for hydroxylation is 1. The molecule has 0 bridgehead atoms. The van der Waals surface area contributed by atoms with Crippen molar-refractivity contribution in [3.05, 3.63) is 34.9 Å². The third kappa shape index (κ3) is 2.15. The Hall–Kier alpha value is -1.33. The van der Waals surface area contributed by atoms with Gasteiger partial charge < -0.3 is 5.73 Å². The maximum atomic E-state index is 9.28. The van der Waals surface area contributed by atoms with Crippen LogP contribution in [0.2, 0.25) is 0 Å². The van der Waals surface area contributed by atoms with Gasteiger partial charge in [0.15, 0.2) is 0 Å². The van der Waals surface area contributed by atoms with Crippen molar-refractivity contribution in [2.75, 3.05) is 0 Å². The Labute approximate surface area is 110 Å². The Morgan fingerprint density at radius 2 is 1.94 bits per heavy atom. The van der Waals surface area contributed by atoms with Gasteiger partial charge in [-0.1, -0.05) is 39.0 Å². The van der Waals surface area contributed by atoms with Crippen molar-refractivity contribution < 1.29 is 0 Å². The van der Waals surface area contributed by atoms with Crippen LogP contribution in [0, 0.1) is 23.7 Å². The minimum atomic E-state index is -0.304. The molecule has 1 unspecified atom stereocenters. The predicted octanol–water partition coefficient (Wildman–Crippen LogP) is 3.60. The van der Waals surface area contributed by atoms with E-state index in [1.54, 1.807) is 0 Å². The van der Waals surface area contributed by atoms with Gasteiger partial charge in [-0.15, -0.1) is 0 Å². The lowest BCUT2D eigenvalue weighted by atomic mass is 9.82. The summed E-state index contributed by atoms with van der Waals surface area (Å²) in [5.74, 6) is 0. The number of nitriles is 1. The molecule has 0 spiro atoms. The van der Waals surface area contributed by atoms with Gasteiger partial charge in [0.1, 0.15) is 0 Å². The molecular formula is C16H22N2. The van der Waals surface area contributed by atoms with Crippen molar-refractivity contribution in [1.82, 2.24) is 0 Å². The second-order valence-corrected chi connectivity index (χ2v) is 6.57. The number of nitrogens with two attached hydrogens (primary N) is 1. The summed E-state index contributed by atoms with van der Waals surface area (Å²) in [6.45, 7) is 8.67. The minimum absolute atomic E-state index is 0.117. The molecule has 1 atom stereocenters. The van der Waals surface area contributed by atoms with E-state index in [9.17, 15) is 5.26 Å². The van der Waals surface area contributed by atoms with Crippen molar-refractivity contribution in [2.24, 2.45) is 11.1 Å². The molecule has 1 aromatic rings. The molecule has 0 saturated heterocycles. The highest BCUT2D eigenvalue weighted by Crippen LogP contribution is 2.53. The van der Waals surface area contributed by atoms with Crippen LogP contribution in [0.4, 0.5) is 0 Å². The van der Waals surface area contributed by atoms with Crippen LogP contribution in [0.25, 0.3) is 0 Å². The van der Waals surface area contributed by atoms with Crippen molar-refractivity contribution in [3.8, 4) is 6.07 Å². The van der Waals surface area contributed by atoms with E-state index in [-0.39, 0.29) is 16.9 Å². The molecule has 0 aromatic heterocycles. The summed E-state index contributed by atoms with van der Waals surface area (Å²) in [5, 5.41) is 9.28. The van der Waals surface area contributed by atoms with Gasteiger partial charge in [0.2, 0.25) is 0 Å². The molecule has 0 radical (unpaired) electrons. The number of nitrogens with zero attached hydrogens (tertiary/aromatic N) is 1. The zero-order chi connectivity index (χ0) is 13.6. The van der Waals surface area contributed by atoms with Gasteiger partial charge in [-0.05, 0) is 41.9 Å². The summed E-state index contributed by atoms with van der Waals surface area (Å²) in [5.41, 5.74) is 9.77. The zero-order valence-electron chi connectivity index (χ0n) is 11.7. The summed E-state index contributed by atoms with van der Waals surface area (Å²) in [6.07, 6.45) is 1.87. The van der Waals surface area contributed by atoms with Crippen LogP contribution in [0.1, 0.15) is 56.3 Å². The third-order valence-corrected chi connectivity index (χ3v) is 4.09. The van der Waals surface area contributed by atoms with E-state index in [0.717, 1.165) is 18.4 Å². The fourth-order valence-electron chi connectivity index (χ4n) is 2.37. The standard InChI is InChI=1S/C16H22N2/c1-11-5-6-12(15(2,3)4)9-13(11)14(18)16(10-17)7-8-16/h5-6,9,14H,7-8,18H2,1-4H3. The number of hydrogen-bond donors (Lipinski definition) is 1. The molecule has 18 heavy (non-hydrogen) atoms. The second-order valence-electron chi connectivity index (χ2n) is 6.57. The lowest BCUT2D eigenvalue weighted by Gasteiger charge is -2.24. The molecule has 2 N–H and O–H groups in total. The monoisotopic (exact) mass is 242 g/mol. The zero-order valence-corrected chi connectivity index (χ0v) is 11.7. The van der Waals surface area contributed by atoms with E-state index in [1.165, 1.54) is 11.1 Å². The Balaban J connectivity index is 2.42. The maximum absolute atomic E-state index is 9.28. The molecule has 2 rings (SSSR count). The predicted molar refractivity (Wildman–Crippen MR) is 74.1 cm³/mol. The highest BCUT2D eigenvalue weighted by atomic mass is 14.7. The quantitative estimate of drug-likeness (QED) is 0.861. The van der Waals surface area contributed by atoms with Crippen LogP contribution in [-0.2, 0) is 5.41 Å². The molecule has 1 aliphatic carbocycles. The molecule has 96 valence electrons. The van der Waals surface area contributed by atoms with E-state index in [4.69, 9.17) is 5.73 Å². The van der Waals surface area contributed by atoms with E-state index in [2.05, 4.69) is 52.0 Å². The maximum Gasteiger partial charge on any atom is 0.0767 e. The van der Waals surface area contributed by atoms with Gasteiger partial charge in [0.05, 0.1) is 11.5 Å². The number of benzene rings is 1. The highest BCUT2D eigenvalue weighted by molar-refractivity contribution is 5.39. The third-order valence-electron chi connectivity index (χ3n) is 4.09. The summed E-state index contributed by atoms with van der Waals surface area (Å²) >= 11 is 0. The van der Waals surface area contributed by atoms with E-state index in [0.29, 0.717) is 0 Å². The van der Waals surface area contributed by atoms with E-state index in [1.807, 2.05) is 0 Å². The first-order chi connectivity index (χ1) is 8.30. The molecule has 1 aliphatic rings. The average Bonchev–Trinajstić information content (AvgIpc) is 3.08. The average molecular weight is 242 g/mol. The molecule has 0 heterocycles. The van der Waals surface area contributed by atoms with E-state index >= 15 is 0 Å². The van der Waals surface area contributed by atoms with Gasteiger partial charge in [-0.25, -0.2) is 0 Å². The molecule has 0 amide bonds. The Morgan fingerprint density at radius 3 is 2.39 bits per heavy atom. The van der Waals surface area contributed by atoms with Crippen molar-refractivity contribution in [3.63, 3.8) is 0 Å². The normalized spacial score (nSPS) is 19.1. The van der Waals surface area contributed by atoms with Gasteiger partial charge >= 0.3 is 0 Å². The van der Waals surface area contributed by atoms with Gasteiger partial charge in [-0.3, -0.25) is 0 Å². The fraction of sp³-hybridized carbons (Fsp3) is 0.562. The SMILES string of the molecule is Cc1ccc(C(C)(C)C)cc1C(N)C1(C#N)CC1. The van der Waals surface area contributed by atoms with Gasteiger partial charge in [0.25, 0.3) is 0 Å². The highest BCUT2D eigenvalue weighted by Gasteiger charge is 2.49. The van der Waals surface area contributed by atoms with Crippen molar-refractivity contribution >= 4 is 0 Å². The Kier molecular flexibility index (Phi) is 2.99. The molecule has 2 heteroatoms. The molecule has 1 saturated carbocycles. The van der Waals surface area contributed by atoms with Crippen LogP contribution in [0.15, 0.2) is 18.2 Å². The number of hydrogen-bond acceptors (Lipinski definition) is 2. The molecule has 1 aromatic carbocycles. The van der Waals surface area contributed by atoms with Crippen LogP contribution in [0.5, 0.6) is 0 Å². The second kappa shape index (κ2) is 4.10. The number of rotatable bonds is 2. The van der Waals surface area contributed by atoms with Crippen LogP contribution in [-0.4, -0.2) is 0 Å². The topological polar surface area (TPSA) is 49.8 Å². The molecule has 2 nitrogen and oxygen atoms in total. The Morgan fingerprint density at radius 1 is 1.33 bits per heavy atom. The fourth-order valence-corrected chi connectivity index (χ4v) is 2.37. The lowest BCUT2D eigenvalue weighted by Crippen LogP contribution is -2.23. The molecular weight excluding hydrogens is 220 g/mol. The van der Waals surface area contributed by atoms with Crippen LogP contribution >= 0.6 is 0 Å². The van der Waals surface area contributed by atoms with Crippen LogP contribution in [0.3, 0.4) is 0 Å². The summed E-state index contributed by atoms with van der Waals surface area (Å²) < 4.78 is 0. The van der Waals surface area contributed by atoms with Gasteiger partial charge in [-0.2, -0.15) is 5.26 Å². The smallest absolute Gasteiger partial charge is 0.0767 e. The first-order valence-corrected chi connectivity index (χ1v) is 6.58. The summed E-state index contributed by atoms with van der Waals surface area (Å²) in [6, 6.07) is 8.75. The molecule has 0 aliphatic heterocycles. The Bertz CT molecular complexity index is 499. The minimum Gasteiger partial charge on any atom is -0.323 e. The molecule has 1 fully saturated rings. The van der Waals surface area contributed by atoms with Gasteiger partial charge in [0, 0.05) is 6.04 Å².